The molecule has 156 valence electrons. The van der Waals surface area contributed by atoms with Crippen LogP contribution in [0, 0.1) is 11.7 Å². The first-order valence-corrected chi connectivity index (χ1v) is 10.6. The summed E-state index contributed by atoms with van der Waals surface area (Å²) >= 11 is 0. The average molecular weight is 422 g/mol. The zero-order valence-corrected chi connectivity index (χ0v) is 16.8. The topological polar surface area (TPSA) is 114 Å². The van der Waals surface area contributed by atoms with E-state index in [0.29, 0.717) is 18.4 Å². The summed E-state index contributed by atoms with van der Waals surface area (Å²) in [5.74, 6) is -1.66. The van der Waals surface area contributed by atoms with Crippen LogP contribution in [-0.4, -0.2) is 42.2 Å². The fourth-order valence-corrected chi connectivity index (χ4v) is 4.94. The van der Waals surface area contributed by atoms with Crippen molar-refractivity contribution >= 4 is 21.8 Å². The molecule has 10 heteroatoms. The Labute approximate surface area is 168 Å². The average Bonchev–Trinajstić information content (AvgIpc) is 3.10. The number of nitrogens with zero attached hydrogens (tertiary/aromatic N) is 2. The Bertz CT molecular complexity index is 1030. The van der Waals surface area contributed by atoms with Gasteiger partial charge >= 0.3 is 0 Å². The SMILES string of the molecule is Cn1cc(S(=O)(=O)N2CCC(C(=O)NCc3ccccc3F)CC2)cc1C(N)=O. The van der Waals surface area contributed by atoms with Gasteiger partial charge in [-0.1, -0.05) is 18.2 Å². The van der Waals surface area contributed by atoms with Crippen molar-refractivity contribution in [3.63, 3.8) is 0 Å². The van der Waals surface area contributed by atoms with Crippen LogP contribution in [0.2, 0.25) is 0 Å². The molecule has 3 N–H and O–H groups in total. The van der Waals surface area contributed by atoms with Crippen molar-refractivity contribution in [3.8, 4) is 0 Å². The Morgan fingerprint density at radius 1 is 1.24 bits per heavy atom. The van der Waals surface area contributed by atoms with Crippen LogP contribution in [0.4, 0.5) is 4.39 Å². The van der Waals surface area contributed by atoms with Crippen molar-refractivity contribution in [2.45, 2.75) is 24.3 Å². The van der Waals surface area contributed by atoms with Crippen LogP contribution in [0.3, 0.4) is 0 Å². The normalized spacial score (nSPS) is 15.9. The minimum Gasteiger partial charge on any atom is -0.364 e. The number of hydrogen-bond acceptors (Lipinski definition) is 4. The first-order valence-electron chi connectivity index (χ1n) is 9.17. The van der Waals surface area contributed by atoms with Crippen molar-refractivity contribution in [1.82, 2.24) is 14.2 Å². The molecule has 2 amide bonds. The number of aryl methyl sites for hydroxylation is 1. The van der Waals surface area contributed by atoms with Gasteiger partial charge in [-0.15, -0.1) is 0 Å². The number of sulfonamides is 1. The lowest BCUT2D eigenvalue weighted by atomic mass is 9.97. The van der Waals surface area contributed by atoms with E-state index >= 15 is 0 Å². The van der Waals surface area contributed by atoms with Gasteiger partial charge in [-0.3, -0.25) is 9.59 Å². The number of amides is 2. The summed E-state index contributed by atoms with van der Waals surface area (Å²) in [6.45, 7) is 0.450. The van der Waals surface area contributed by atoms with Crippen molar-refractivity contribution < 1.29 is 22.4 Å². The van der Waals surface area contributed by atoms with E-state index in [1.807, 2.05) is 0 Å². The summed E-state index contributed by atoms with van der Waals surface area (Å²) in [7, 11) is -2.24. The molecule has 0 spiro atoms. The second-order valence-corrected chi connectivity index (χ2v) is 8.96. The van der Waals surface area contributed by atoms with Crippen LogP contribution < -0.4 is 11.1 Å². The highest BCUT2D eigenvalue weighted by Gasteiger charge is 2.33. The number of carbonyl (C=O) groups excluding carboxylic acids is 2. The van der Waals surface area contributed by atoms with Gasteiger partial charge in [-0.05, 0) is 25.0 Å². The van der Waals surface area contributed by atoms with Gasteiger partial charge in [-0.25, -0.2) is 12.8 Å². The van der Waals surface area contributed by atoms with Crippen molar-refractivity contribution in [1.29, 1.82) is 0 Å². The van der Waals surface area contributed by atoms with Gasteiger partial charge in [-0.2, -0.15) is 4.31 Å². The van der Waals surface area contributed by atoms with E-state index in [1.54, 1.807) is 25.2 Å². The first-order chi connectivity index (χ1) is 13.7. The maximum absolute atomic E-state index is 13.7. The maximum Gasteiger partial charge on any atom is 0.265 e. The number of halogens is 1. The largest absolute Gasteiger partial charge is 0.364 e. The third-order valence-corrected chi connectivity index (χ3v) is 6.97. The molecule has 0 atom stereocenters. The molecule has 2 heterocycles. The monoisotopic (exact) mass is 422 g/mol. The number of nitrogens with one attached hydrogen (secondary N) is 1. The fourth-order valence-electron chi connectivity index (χ4n) is 3.40. The lowest BCUT2D eigenvalue weighted by molar-refractivity contribution is -0.126. The third kappa shape index (κ3) is 4.48. The van der Waals surface area contributed by atoms with E-state index < -0.39 is 15.9 Å². The first kappa shape index (κ1) is 21.0. The van der Waals surface area contributed by atoms with Gasteiger partial charge in [0.1, 0.15) is 16.4 Å². The molecule has 0 saturated carbocycles. The Hall–Kier alpha value is -2.72. The second kappa shape index (κ2) is 8.34. The van der Waals surface area contributed by atoms with Crippen LogP contribution >= 0.6 is 0 Å². The molecule has 1 saturated heterocycles. The molecule has 0 bridgehead atoms. The van der Waals surface area contributed by atoms with Crippen LogP contribution in [0.1, 0.15) is 28.9 Å². The number of benzene rings is 1. The Morgan fingerprint density at radius 3 is 2.48 bits per heavy atom. The van der Waals surface area contributed by atoms with Crippen LogP contribution in [-0.2, 0) is 28.4 Å². The highest BCUT2D eigenvalue weighted by atomic mass is 32.2. The zero-order valence-electron chi connectivity index (χ0n) is 16.0. The quantitative estimate of drug-likeness (QED) is 0.722. The summed E-state index contributed by atoms with van der Waals surface area (Å²) in [6.07, 6.45) is 2.07. The zero-order chi connectivity index (χ0) is 21.2. The number of carbonyl (C=O) groups is 2. The van der Waals surface area contributed by atoms with E-state index in [2.05, 4.69) is 5.32 Å². The van der Waals surface area contributed by atoms with E-state index in [0.717, 1.165) is 0 Å². The van der Waals surface area contributed by atoms with Gasteiger partial charge in [0.2, 0.25) is 15.9 Å². The highest BCUT2D eigenvalue weighted by Crippen LogP contribution is 2.25. The number of rotatable bonds is 6. The minimum absolute atomic E-state index is 0.00347. The Kier molecular flexibility index (Phi) is 6.04. The summed E-state index contributed by atoms with van der Waals surface area (Å²) in [5.41, 5.74) is 5.75. The second-order valence-electron chi connectivity index (χ2n) is 7.02. The third-order valence-electron chi connectivity index (χ3n) is 5.11. The van der Waals surface area contributed by atoms with Crippen LogP contribution in [0.15, 0.2) is 41.4 Å². The molecule has 1 fully saturated rings. The lowest BCUT2D eigenvalue weighted by Gasteiger charge is -2.30. The number of aromatic nitrogens is 1. The molecule has 29 heavy (non-hydrogen) atoms. The fraction of sp³-hybridized carbons (Fsp3) is 0.368. The van der Waals surface area contributed by atoms with Crippen LogP contribution in [0.25, 0.3) is 0 Å². The molecule has 0 unspecified atom stereocenters. The van der Waals surface area contributed by atoms with E-state index in [1.165, 1.54) is 27.2 Å². The molecular weight excluding hydrogens is 399 g/mol. The number of hydrogen-bond donors (Lipinski definition) is 2. The Balaban J connectivity index is 1.59. The number of primary amides is 1. The summed E-state index contributed by atoms with van der Waals surface area (Å²) in [4.78, 5) is 23.7. The molecule has 1 aliphatic rings. The number of piperidine rings is 1. The van der Waals surface area contributed by atoms with Gasteiger partial charge in [0.15, 0.2) is 0 Å². The van der Waals surface area contributed by atoms with Crippen molar-refractivity contribution in [3.05, 3.63) is 53.6 Å². The standard InChI is InChI=1S/C19H23FN4O4S/c1-23-12-15(10-17(23)18(21)25)29(27,28)24-8-6-13(7-9-24)19(26)22-11-14-4-2-3-5-16(14)20/h2-5,10,12-13H,6-9,11H2,1H3,(H2,21,25)(H,22,26). The Morgan fingerprint density at radius 2 is 1.90 bits per heavy atom. The molecule has 0 radical (unpaired) electrons. The van der Waals surface area contributed by atoms with Crippen molar-refractivity contribution in [2.24, 2.45) is 18.7 Å². The predicted octanol–water partition coefficient (Wildman–Crippen LogP) is 0.980. The molecule has 0 aliphatic carbocycles. The molecule has 1 aromatic heterocycles. The summed E-state index contributed by atoms with van der Waals surface area (Å²) < 4.78 is 42.0. The molecule has 1 aliphatic heterocycles. The van der Waals surface area contributed by atoms with Gasteiger partial charge in [0.05, 0.1) is 0 Å². The van der Waals surface area contributed by atoms with E-state index in [-0.39, 0.29) is 47.9 Å². The van der Waals surface area contributed by atoms with E-state index in [4.69, 9.17) is 5.73 Å². The molecule has 1 aromatic carbocycles. The predicted molar refractivity (Wildman–Crippen MR) is 104 cm³/mol. The molecular formula is C19H23FN4O4S. The molecule has 2 aromatic rings. The van der Waals surface area contributed by atoms with Gasteiger partial charge in [0.25, 0.3) is 5.91 Å². The smallest absolute Gasteiger partial charge is 0.265 e. The molecule has 8 nitrogen and oxygen atoms in total. The highest BCUT2D eigenvalue weighted by molar-refractivity contribution is 7.89. The van der Waals surface area contributed by atoms with Crippen molar-refractivity contribution in [2.75, 3.05) is 13.1 Å². The van der Waals surface area contributed by atoms with Gasteiger partial charge < -0.3 is 15.6 Å². The van der Waals surface area contributed by atoms with Gasteiger partial charge in [0, 0.05) is 44.4 Å². The summed E-state index contributed by atoms with van der Waals surface area (Å²) in [6, 6.07) is 7.46. The number of nitrogens with two attached hydrogens (primary N) is 1. The van der Waals surface area contributed by atoms with Crippen LogP contribution in [0.5, 0.6) is 0 Å². The maximum atomic E-state index is 13.7. The molecule has 3 rings (SSSR count). The minimum atomic E-state index is -3.78. The summed E-state index contributed by atoms with van der Waals surface area (Å²) in [5, 5.41) is 2.72. The lowest BCUT2D eigenvalue weighted by Crippen LogP contribution is -2.42. The van der Waals surface area contributed by atoms with E-state index in [9.17, 15) is 22.4 Å².